The number of anilines is 1. The molecule has 8 nitrogen and oxygen atoms in total. The third kappa shape index (κ3) is 4.93. The van der Waals surface area contributed by atoms with Crippen molar-refractivity contribution < 1.29 is 14.3 Å². The molecule has 3 amide bonds. The highest BCUT2D eigenvalue weighted by Gasteiger charge is 2.30. The van der Waals surface area contributed by atoms with E-state index in [4.69, 9.17) is 4.74 Å². The van der Waals surface area contributed by atoms with Crippen LogP contribution in [-0.2, 0) is 24.8 Å². The fraction of sp³-hybridized carbons (Fsp3) is 0.737. The van der Waals surface area contributed by atoms with Crippen molar-refractivity contribution in [3.05, 3.63) is 11.3 Å². The predicted octanol–water partition coefficient (Wildman–Crippen LogP) is 3.17. The molecular formula is C19H31N5O3. The van der Waals surface area contributed by atoms with Gasteiger partial charge in [0.05, 0.1) is 12.2 Å². The molecule has 0 spiro atoms. The number of urea groups is 1. The number of hydrogen-bond donors (Lipinski definition) is 2. The van der Waals surface area contributed by atoms with E-state index in [1.165, 1.54) is 6.42 Å². The van der Waals surface area contributed by atoms with Crippen molar-refractivity contribution in [2.24, 2.45) is 7.05 Å². The van der Waals surface area contributed by atoms with Crippen LogP contribution in [0.5, 0.6) is 0 Å². The number of amides is 3. The second kappa shape index (κ2) is 7.78. The SMILES string of the molecule is Cn1nc2c(c1NC(=O)NC1CCCCC1)CN(C(=O)OC(C)(C)C)CC2. The molecule has 150 valence electrons. The minimum absolute atomic E-state index is 0.206. The Hall–Kier alpha value is -2.25. The summed E-state index contributed by atoms with van der Waals surface area (Å²) in [5.74, 6) is 0.645. The minimum atomic E-state index is -0.534. The number of aromatic nitrogens is 2. The summed E-state index contributed by atoms with van der Waals surface area (Å²) in [6, 6.07) is 0.0307. The summed E-state index contributed by atoms with van der Waals surface area (Å²) in [6.45, 7) is 6.51. The van der Waals surface area contributed by atoms with Crippen molar-refractivity contribution in [1.82, 2.24) is 20.0 Å². The van der Waals surface area contributed by atoms with Gasteiger partial charge in [-0.2, -0.15) is 5.10 Å². The Labute approximate surface area is 160 Å². The molecule has 0 radical (unpaired) electrons. The van der Waals surface area contributed by atoms with Crippen LogP contribution in [0.25, 0.3) is 0 Å². The maximum Gasteiger partial charge on any atom is 0.410 e. The number of rotatable bonds is 2. The average molecular weight is 377 g/mol. The highest BCUT2D eigenvalue weighted by atomic mass is 16.6. The largest absolute Gasteiger partial charge is 0.444 e. The lowest BCUT2D eigenvalue weighted by Gasteiger charge is -2.30. The van der Waals surface area contributed by atoms with Gasteiger partial charge in [-0.25, -0.2) is 9.59 Å². The number of hydrogen-bond acceptors (Lipinski definition) is 4. The third-order valence-electron chi connectivity index (χ3n) is 5.02. The van der Waals surface area contributed by atoms with Gasteiger partial charge < -0.3 is 15.0 Å². The molecule has 1 aliphatic heterocycles. The maximum absolute atomic E-state index is 12.5. The molecule has 0 unspecified atom stereocenters. The molecule has 1 aromatic rings. The summed E-state index contributed by atoms with van der Waals surface area (Å²) < 4.78 is 7.16. The molecule has 2 aliphatic rings. The summed E-state index contributed by atoms with van der Waals surface area (Å²) >= 11 is 0. The van der Waals surface area contributed by atoms with E-state index in [1.54, 1.807) is 9.58 Å². The normalized spacial score (nSPS) is 18.0. The minimum Gasteiger partial charge on any atom is -0.444 e. The van der Waals surface area contributed by atoms with E-state index in [9.17, 15) is 9.59 Å². The molecule has 27 heavy (non-hydrogen) atoms. The molecular weight excluding hydrogens is 346 g/mol. The van der Waals surface area contributed by atoms with Gasteiger partial charge in [0.2, 0.25) is 0 Å². The van der Waals surface area contributed by atoms with E-state index in [0.29, 0.717) is 25.3 Å². The molecule has 2 heterocycles. The smallest absolute Gasteiger partial charge is 0.410 e. The number of carbonyl (C=O) groups is 2. The molecule has 1 fully saturated rings. The third-order valence-corrected chi connectivity index (χ3v) is 5.02. The van der Waals surface area contributed by atoms with Crippen molar-refractivity contribution >= 4 is 17.9 Å². The van der Waals surface area contributed by atoms with Crippen LogP contribution in [0.1, 0.15) is 64.1 Å². The fourth-order valence-electron chi connectivity index (χ4n) is 3.72. The highest BCUT2D eigenvalue weighted by Crippen LogP contribution is 2.27. The topological polar surface area (TPSA) is 88.5 Å². The maximum atomic E-state index is 12.5. The van der Waals surface area contributed by atoms with E-state index < -0.39 is 5.60 Å². The molecule has 8 heteroatoms. The number of aryl methyl sites for hydroxylation is 1. The van der Waals surface area contributed by atoms with Crippen LogP contribution in [0.15, 0.2) is 0 Å². The highest BCUT2D eigenvalue weighted by molar-refractivity contribution is 5.89. The average Bonchev–Trinajstić information content (AvgIpc) is 2.89. The molecule has 0 aromatic carbocycles. The van der Waals surface area contributed by atoms with E-state index >= 15 is 0 Å². The standard InChI is InChI=1S/C19H31N5O3/c1-19(2,3)27-18(26)24-11-10-15-14(12-24)16(23(4)22-15)21-17(25)20-13-8-6-5-7-9-13/h13H,5-12H2,1-4H3,(H2,20,21,25). The van der Waals surface area contributed by atoms with Gasteiger partial charge in [-0.1, -0.05) is 19.3 Å². The number of nitrogens with one attached hydrogen (secondary N) is 2. The Morgan fingerprint density at radius 1 is 1.19 bits per heavy atom. The first-order valence-electron chi connectivity index (χ1n) is 9.83. The van der Waals surface area contributed by atoms with Crippen LogP contribution in [0.2, 0.25) is 0 Å². The Balaban J connectivity index is 1.67. The Bertz CT molecular complexity index is 701. The van der Waals surface area contributed by atoms with Gasteiger partial charge in [-0.3, -0.25) is 10.00 Å². The number of ether oxygens (including phenoxy) is 1. The van der Waals surface area contributed by atoms with Crippen molar-refractivity contribution in [2.45, 2.75) is 77.5 Å². The second-order valence-electron chi connectivity index (χ2n) is 8.48. The van der Waals surface area contributed by atoms with Crippen molar-refractivity contribution in [2.75, 3.05) is 11.9 Å². The summed E-state index contributed by atoms with van der Waals surface area (Å²) in [6.07, 6.45) is 5.94. The van der Waals surface area contributed by atoms with Gasteiger partial charge in [0, 0.05) is 31.6 Å². The first-order valence-corrected chi connectivity index (χ1v) is 9.83. The quantitative estimate of drug-likeness (QED) is 0.828. The summed E-state index contributed by atoms with van der Waals surface area (Å²) in [4.78, 5) is 26.5. The zero-order valence-electron chi connectivity index (χ0n) is 16.8. The van der Waals surface area contributed by atoms with Crippen LogP contribution in [0.4, 0.5) is 15.4 Å². The monoisotopic (exact) mass is 377 g/mol. The van der Waals surface area contributed by atoms with E-state index in [2.05, 4.69) is 15.7 Å². The van der Waals surface area contributed by atoms with Gasteiger partial charge in [0.15, 0.2) is 0 Å². The van der Waals surface area contributed by atoms with Crippen LogP contribution >= 0.6 is 0 Å². The van der Waals surface area contributed by atoms with Gasteiger partial charge in [0.25, 0.3) is 0 Å². The number of fused-ring (bicyclic) bond motifs is 1. The number of carbonyl (C=O) groups excluding carboxylic acids is 2. The first kappa shape index (κ1) is 19.5. The molecule has 1 aliphatic carbocycles. The molecule has 0 atom stereocenters. The molecule has 2 N–H and O–H groups in total. The Kier molecular flexibility index (Phi) is 5.62. The molecule has 0 saturated heterocycles. The van der Waals surface area contributed by atoms with Crippen molar-refractivity contribution in [1.29, 1.82) is 0 Å². The first-order chi connectivity index (χ1) is 12.7. The predicted molar refractivity (Wildman–Crippen MR) is 103 cm³/mol. The lowest BCUT2D eigenvalue weighted by Crippen LogP contribution is -2.41. The lowest BCUT2D eigenvalue weighted by molar-refractivity contribution is 0.0224. The number of nitrogens with zero attached hydrogens (tertiary/aromatic N) is 3. The van der Waals surface area contributed by atoms with Crippen LogP contribution in [-0.4, -0.2) is 45.0 Å². The Morgan fingerprint density at radius 3 is 2.56 bits per heavy atom. The zero-order valence-corrected chi connectivity index (χ0v) is 16.8. The van der Waals surface area contributed by atoms with E-state index in [0.717, 1.165) is 36.9 Å². The Morgan fingerprint density at radius 2 is 1.89 bits per heavy atom. The summed E-state index contributed by atoms with van der Waals surface area (Å²) in [5.41, 5.74) is 1.27. The van der Waals surface area contributed by atoms with E-state index in [1.807, 2.05) is 27.8 Å². The molecule has 1 aromatic heterocycles. The summed E-state index contributed by atoms with van der Waals surface area (Å²) in [5, 5.41) is 10.5. The van der Waals surface area contributed by atoms with Gasteiger partial charge in [-0.15, -0.1) is 0 Å². The zero-order chi connectivity index (χ0) is 19.6. The van der Waals surface area contributed by atoms with Crippen LogP contribution in [0.3, 0.4) is 0 Å². The fourth-order valence-corrected chi connectivity index (χ4v) is 3.72. The van der Waals surface area contributed by atoms with Gasteiger partial charge in [-0.05, 0) is 33.6 Å². The van der Waals surface area contributed by atoms with Crippen LogP contribution < -0.4 is 10.6 Å². The lowest BCUT2D eigenvalue weighted by atomic mass is 9.96. The van der Waals surface area contributed by atoms with E-state index in [-0.39, 0.29) is 18.2 Å². The molecule has 0 bridgehead atoms. The van der Waals surface area contributed by atoms with Gasteiger partial charge >= 0.3 is 12.1 Å². The molecule has 1 saturated carbocycles. The van der Waals surface area contributed by atoms with Crippen molar-refractivity contribution in [3.63, 3.8) is 0 Å². The van der Waals surface area contributed by atoms with Crippen LogP contribution in [0, 0.1) is 0 Å². The molecule has 3 rings (SSSR count). The summed E-state index contributed by atoms with van der Waals surface area (Å²) in [7, 11) is 1.81. The van der Waals surface area contributed by atoms with Crippen molar-refractivity contribution in [3.8, 4) is 0 Å². The van der Waals surface area contributed by atoms with Gasteiger partial charge in [0.1, 0.15) is 11.4 Å². The second-order valence-corrected chi connectivity index (χ2v) is 8.48.